The highest BCUT2D eigenvalue weighted by Crippen LogP contribution is 2.34. The molecule has 1 aromatic rings. The molecule has 0 aromatic heterocycles. The summed E-state index contributed by atoms with van der Waals surface area (Å²) in [7, 11) is -3.71. The van der Waals surface area contributed by atoms with Crippen LogP contribution in [0.15, 0.2) is 46.5 Å². The third kappa shape index (κ3) is 7.37. The molecule has 1 aliphatic rings. The first-order chi connectivity index (χ1) is 14.0. The van der Waals surface area contributed by atoms with Crippen LogP contribution in [-0.4, -0.2) is 19.2 Å². The Labute approximate surface area is 178 Å². The third-order valence-corrected chi connectivity index (χ3v) is 6.56. The lowest BCUT2D eigenvalue weighted by molar-refractivity contribution is 0.339. The van der Waals surface area contributed by atoms with Crippen LogP contribution in [0.3, 0.4) is 0 Å². The van der Waals surface area contributed by atoms with Gasteiger partial charge in [0.25, 0.3) is 0 Å². The summed E-state index contributed by atoms with van der Waals surface area (Å²) in [5, 5.41) is 15.5. The molecule has 0 amide bonds. The molecular formula is C22H28N2O3S2. The predicted molar refractivity (Wildman–Crippen MR) is 121 cm³/mol. The molecule has 1 heterocycles. The zero-order valence-corrected chi connectivity index (χ0v) is 18.7. The van der Waals surface area contributed by atoms with Crippen LogP contribution in [-0.2, 0) is 14.4 Å². The summed E-state index contributed by atoms with van der Waals surface area (Å²) in [5.41, 5.74) is 3.56. The molecule has 7 heteroatoms. The van der Waals surface area contributed by atoms with Gasteiger partial charge in [-0.3, -0.25) is 4.28 Å². The van der Waals surface area contributed by atoms with Gasteiger partial charge in [0.05, 0.1) is 18.2 Å². The molecule has 0 saturated heterocycles. The van der Waals surface area contributed by atoms with Gasteiger partial charge in [0.1, 0.15) is 5.04 Å². The van der Waals surface area contributed by atoms with Crippen molar-refractivity contribution in [3.63, 3.8) is 0 Å². The topological polar surface area (TPSA) is 79.5 Å². The highest BCUT2D eigenvalue weighted by molar-refractivity contribution is 8.17. The molecule has 0 saturated carbocycles. The molecule has 29 heavy (non-hydrogen) atoms. The lowest BCUT2D eigenvalue weighted by Gasteiger charge is -2.11. The fraction of sp³-hybridized carbons (Fsp3) is 0.455. The Morgan fingerprint density at radius 1 is 1.17 bits per heavy atom. The van der Waals surface area contributed by atoms with Crippen LogP contribution in [0.2, 0.25) is 0 Å². The van der Waals surface area contributed by atoms with E-state index in [1.54, 1.807) is 0 Å². The Morgan fingerprint density at radius 2 is 1.90 bits per heavy atom. The van der Waals surface area contributed by atoms with E-state index in [-0.39, 0.29) is 12.2 Å². The first-order valence-electron chi connectivity index (χ1n) is 9.97. The minimum atomic E-state index is -3.71. The van der Waals surface area contributed by atoms with E-state index in [1.165, 1.54) is 18.2 Å². The number of unbranched alkanes of at least 4 members (excludes halogenated alkanes) is 5. The number of allylic oxidation sites excluding steroid dienone is 2. The van der Waals surface area contributed by atoms with Crippen LogP contribution < -0.4 is 0 Å². The van der Waals surface area contributed by atoms with Crippen molar-refractivity contribution >= 4 is 32.5 Å². The van der Waals surface area contributed by atoms with E-state index in [4.69, 9.17) is 4.28 Å². The largest absolute Gasteiger partial charge is 0.328 e. The maximum Gasteiger partial charge on any atom is 0.328 e. The molecule has 0 aliphatic carbocycles. The Balaban J connectivity index is 2.11. The van der Waals surface area contributed by atoms with Crippen molar-refractivity contribution in [2.24, 2.45) is 5.16 Å². The van der Waals surface area contributed by atoms with E-state index in [1.807, 2.05) is 42.7 Å². The Kier molecular flexibility index (Phi) is 9.49. The van der Waals surface area contributed by atoms with Gasteiger partial charge in [-0.25, -0.2) is 0 Å². The molecule has 0 N–H and O–H groups in total. The molecule has 0 radical (unpaired) electrons. The smallest absolute Gasteiger partial charge is 0.267 e. The SMILES string of the molecule is CCCCCCCCS(=O)(=O)ON=C1SC=CC1=C(CC#N)c1ccccc1C. The van der Waals surface area contributed by atoms with Crippen LogP contribution in [0.4, 0.5) is 0 Å². The average molecular weight is 433 g/mol. The number of rotatable bonds is 11. The van der Waals surface area contributed by atoms with Gasteiger partial charge in [0.2, 0.25) is 0 Å². The summed E-state index contributed by atoms with van der Waals surface area (Å²) in [6.45, 7) is 4.13. The van der Waals surface area contributed by atoms with Crippen molar-refractivity contribution in [2.45, 2.75) is 58.8 Å². The quantitative estimate of drug-likeness (QED) is 0.319. The Morgan fingerprint density at radius 3 is 2.62 bits per heavy atom. The third-order valence-electron chi connectivity index (χ3n) is 4.68. The summed E-state index contributed by atoms with van der Waals surface area (Å²) in [4.78, 5) is 0. The number of nitrogens with zero attached hydrogens (tertiary/aromatic N) is 2. The second kappa shape index (κ2) is 11.8. The molecular weight excluding hydrogens is 404 g/mol. The summed E-state index contributed by atoms with van der Waals surface area (Å²) < 4.78 is 29.3. The first kappa shape index (κ1) is 23.2. The van der Waals surface area contributed by atoms with Gasteiger partial charge in [-0.1, -0.05) is 80.2 Å². The number of hydrogen-bond acceptors (Lipinski definition) is 6. The van der Waals surface area contributed by atoms with E-state index >= 15 is 0 Å². The van der Waals surface area contributed by atoms with E-state index in [9.17, 15) is 13.7 Å². The van der Waals surface area contributed by atoms with Gasteiger partial charge in [-0.15, -0.1) is 0 Å². The number of hydrogen-bond donors (Lipinski definition) is 0. The number of nitriles is 1. The molecule has 0 atom stereocenters. The minimum Gasteiger partial charge on any atom is -0.267 e. The minimum absolute atomic E-state index is 0.0319. The number of aryl methyl sites for hydroxylation is 1. The van der Waals surface area contributed by atoms with E-state index < -0.39 is 10.1 Å². The van der Waals surface area contributed by atoms with Crippen LogP contribution in [0, 0.1) is 18.3 Å². The summed E-state index contributed by atoms with van der Waals surface area (Å²) in [5.74, 6) is -0.0319. The van der Waals surface area contributed by atoms with Crippen molar-refractivity contribution in [2.75, 3.05) is 5.75 Å². The maximum absolute atomic E-state index is 12.2. The van der Waals surface area contributed by atoms with E-state index in [0.29, 0.717) is 11.5 Å². The summed E-state index contributed by atoms with van der Waals surface area (Å²) in [6, 6.07) is 10.0. The molecule has 156 valence electrons. The van der Waals surface area contributed by atoms with Crippen molar-refractivity contribution in [1.82, 2.24) is 0 Å². The first-order valence-corrected chi connectivity index (χ1v) is 12.4. The number of thioether (sulfide) groups is 1. The standard InChI is InChI=1S/C22H28N2O3S2/c1-3-4-5-6-7-10-17-29(25,26)27-24-22-21(14-16-28-22)20(13-15-23)19-12-9-8-11-18(19)2/h8-9,11-12,14,16H,3-7,10,13,17H2,1-2H3. The molecule has 1 aromatic carbocycles. The van der Waals surface area contributed by atoms with Gasteiger partial charge in [-0.2, -0.15) is 13.7 Å². The van der Waals surface area contributed by atoms with Gasteiger partial charge >= 0.3 is 10.1 Å². The van der Waals surface area contributed by atoms with Crippen molar-refractivity contribution < 1.29 is 12.7 Å². The summed E-state index contributed by atoms with van der Waals surface area (Å²) in [6.07, 6.45) is 8.03. The zero-order chi connectivity index (χ0) is 21.1. The van der Waals surface area contributed by atoms with E-state index in [0.717, 1.165) is 48.0 Å². The molecule has 0 unspecified atom stereocenters. The van der Waals surface area contributed by atoms with Crippen molar-refractivity contribution in [1.29, 1.82) is 5.26 Å². The maximum atomic E-state index is 12.2. The van der Waals surface area contributed by atoms with Gasteiger partial charge < -0.3 is 0 Å². The second-order valence-corrected chi connectivity index (χ2v) is 9.53. The molecule has 0 fully saturated rings. The van der Waals surface area contributed by atoms with Crippen LogP contribution in [0.1, 0.15) is 63.0 Å². The number of oxime groups is 1. The van der Waals surface area contributed by atoms with Crippen LogP contribution in [0.5, 0.6) is 0 Å². The van der Waals surface area contributed by atoms with Crippen LogP contribution >= 0.6 is 11.8 Å². The Hall–Kier alpha value is -2.04. The average Bonchev–Trinajstić information content (AvgIpc) is 3.16. The lowest BCUT2D eigenvalue weighted by Crippen LogP contribution is -2.09. The summed E-state index contributed by atoms with van der Waals surface area (Å²) >= 11 is 1.30. The van der Waals surface area contributed by atoms with Crippen molar-refractivity contribution in [3.8, 4) is 6.07 Å². The van der Waals surface area contributed by atoms with Crippen LogP contribution in [0.25, 0.3) is 5.57 Å². The normalized spacial score (nSPS) is 16.8. The fourth-order valence-corrected chi connectivity index (χ4v) is 4.71. The van der Waals surface area contributed by atoms with Crippen molar-refractivity contribution in [3.05, 3.63) is 52.4 Å². The highest BCUT2D eigenvalue weighted by Gasteiger charge is 2.20. The van der Waals surface area contributed by atoms with Gasteiger partial charge in [-0.05, 0) is 41.5 Å². The highest BCUT2D eigenvalue weighted by atomic mass is 32.2. The van der Waals surface area contributed by atoms with Gasteiger partial charge in [0.15, 0.2) is 0 Å². The lowest BCUT2D eigenvalue weighted by atomic mass is 9.94. The number of benzene rings is 1. The molecule has 0 spiro atoms. The second-order valence-electron chi connectivity index (χ2n) is 6.96. The molecule has 0 bridgehead atoms. The zero-order valence-electron chi connectivity index (χ0n) is 17.1. The fourth-order valence-electron chi connectivity index (χ4n) is 3.11. The molecule has 5 nitrogen and oxygen atoms in total. The van der Waals surface area contributed by atoms with Gasteiger partial charge in [0, 0.05) is 5.57 Å². The molecule has 2 rings (SSSR count). The Bertz CT molecular complexity index is 926. The monoisotopic (exact) mass is 432 g/mol. The van der Waals surface area contributed by atoms with E-state index in [2.05, 4.69) is 18.1 Å². The predicted octanol–water partition coefficient (Wildman–Crippen LogP) is 5.94. The molecule has 1 aliphatic heterocycles.